The molecule has 2 heterocycles. The number of aryl methyl sites for hydroxylation is 2. The number of aromatic amines is 1. The number of rotatable bonds is 2. The SMILES string of the molecule is CCc1nc2nc(N)[nH]c(=O)c2nc1CC. The third-order valence-electron chi connectivity index (χ3n) is 2.39. The molecule has 0 aromatic carbocycles. The molecule has 0 radical (unpaired) electrons. The molecule has 6 heteroatoms. The van der Waals surface area contributed by atoms with Gasteiger partial charge in [0.25, 0.3) is 5.56 Å². The summed E-state index contributed by atoms with van der Waals surface area (Å²) in [5.41, 5.74) is 7.39. The van der Waals surface area contributed by atoms with E-state index in [9.17, 15) is 4.79 Å². The minimum atomic E-state index is -0.340. The van der Waals surface area contributed by atoms with Gasteiger partial charge in [0.15, 0.2) is 11.2 Å². The Balaban J connectivity index is 2.83. The summed E-state index contributed by atoms with van der Waals surface area (Å²) < 4.78 is 0. The van der Waals surface area contributed by atoms with Gasteiger partial charge in [0, 0.05) is 0 Å². The smallest absolute Gasteiger partial charge is 0.280 e. The third kappa shape index (κ3) is 1.62. The first kappa shape index (κ1) is 10.5. The standard InChI is InChI=1S/C10H13N5O/c1-3-5-6(4-2)13-8-7(12-5)9(16)15-10(11)14-8/h3-4H2,1-2H3,(H3,11,13,14,15,16). The first-order valence-electron chi connectivity index (χ1n) is 5.21. The zero-order chi connectivity index (χ0) is 11.7. The largest absolute Gasteiger partial charge is 0.369 e. The number of nitrogens with two attached hydrogens (primary N) is 1. The van der Waals surface area contributed by atoms with Crippen LogP contribution in [0.25, 0.3) is 11.2 Å². The summed E-state index contributed by atoms with van der Waals surface area (Å²) in [6.45, 7) is 3.97. The van der Waals surface area contributed by atoms with Crippen LogP contribution in [0.2, 0.25) is 0 Å². The number of H-pyrrole nitrogens is 1. The van der Waals surface area contributed by atoms with Crippen molar-refractivity contribution in [2.75, 3.05) is 5.73 Å². The van der Waals surface area contributed by atoms with Crippen molar-refractivity contribution in [1.82, 2.24) is 19.9 Å². The predicted molar refractivity (Wildman–Crippen MR) is 61.1 cm³/mol. The fraction of sp³-hybridized carbons (Fsp3) is 0.400. The van der Waals surface area contributed by atoms with E-state index in [1.807, 2.05) is 13.8 Å². The lowest BCUT2D eigenvalue weighted by Crippen LogP contribution is -2.15. The van der Waals surface area contributed by atoms with Crippen LogP contribution < -0.4 is 11.3 Å². The van der Waals surface area contributed by atoms with E-state index in [2.05, 4.69) is 19.9 Å². The summed E-state index contributed by atoms with van der Waals surface area (Å²) in [6, 6.07) is 0. The van der Waals surface area contributed by atoms with Crippen LogP contribution in [0.3, 0.4) is 0 Å². The Labute approximate surface area is 92.0 Å². The second kappa shape index (κ2) is 3.88. The first-order chi connectivity index (χ1) is 7.65. The van der Waals surface area contributed by atoms with Gasteiger partial charge in [0.05, 0.1) is 11.4 Å². The van der Waals surface area contributed by atoms with E-state index in [1.165, 1.54) is 0 Å². The maximum Gasteiger partial charge on any atom is 0.280 e. The van der Waals surface area contributed by atoms with Crippen LogP contribution >= 0.6 is 0 Å². The zero-order valence-corrected chi connectivity index (χ0v) is 9.24. The Hall–Kier alpha value is -1.98. The van der Waals surface area contributed by atoms with Gasteiger partial charge in [0.2, 0.25) is 5.95 Å². The molecule has 0 aliphatic heterocycles. The number of hydrogen-bond acceptors (Lipinski definition) is 5. The van der Waals surface area contributed by atoms with Crippen molar-refractivity contribution >= 4 is 17.1 Å². The molecule has 0 aliphatic carbocycles. The van der Waals surface area contributed by atoms with Gasteiger partial charge in [-0.15, -0.1) is 0 Å². The van der Waals surface area contributed by atoms with E-state index < -0.39 is 0 Å². The van der Waals surface area contributed by atoms with Gasteiger partial charge in [-0.1, -0.05) is 13.8 Å². The van der Waals surface area contributed by atoms with Crippen molar-refractivity contribution in [3.63, 3.8) is 0 Å². The maximum absolute atomic E-state index is 11.6. The number of nitrogens with one attached hydrogen (secondary N) is 1. The van der Waals surface area contributed by atoms with Gasteiger partial charge >= 0.3 is 0 Å². The molecule has 6 nitrogen and oxygen atoms in total. The molecule has 2 aromatic rings. The molecule has 0 saturated carbocycles. The summed E-state index contributed by atoms with van der Waals surface area (Å²) in [7, 11) is 0. The molecule has 0 amide bonds. The molecular weight excluding hydrogens is 206 g/mol. The van der Waals surface area contributed by atoms with Crippen molar-refractivity contribution in [3.05, 3.63) is 21.7 Å². The third-order valence-corrected chi connectivity index (χ3v) is 2.39. The van der Waals surface area contributed by atoms with E-state index >= 15 is 0 Å². The van der Waals surface area contributed by atoms with Gasteiger partial charge in [0.1, 0.15) is 0 Å². The number of nitrogen functional groups attached to an aromatic ring is 1. The first-order valence-corrected chi connectivity index (χ1v) is 5.21. The predicted octanol–water partition coefficient (Wildman–Crippen LogP) is 0.420. The van der Waals surface area contributed by atoms with Gasteiger partial charge in [-0.3, -0.25) is 9.78 Å². The summed E-state index contributed by atoms with van der Waals surface area (Å²) >= 11 is 0. The maximum atomic E-state index is 11.6. The molecule has 84 valence electrons. The number of fused-ring (bicyclic) bond motifs is 1. The Kier molecular flexibility index (Phi) is 2.55. The monoisotopic (exact) mass is 219 g/mol. The minimum absolute atomic E-state index is 0.0677. The molecule has 0 saturated heterocycles. The quantitative estimate of drug-likeness (QED) is 0.762. The second-order valence-corrected chi connectivity index (χ2v) is 3.45. The van der Waals surface area contributed by atoms with Gasteiger partial charge in [-0.05, 0) is 12.8 Å². The number of aromatic nitrogens is 4. The summed E-state index contributed by atoms with van der Waals surface area (Å²) in [5, 5.41) is 0. The lowest BCUT2D eigenvalue weighted by Gasteiger charge is -2.05. The van der Waals surface area contributed by atoms with Crippen molar-refractivity contribution in [2.24, 2.45) is 0 Å². The molecule has 0 spiro atoms. The van der Waals surface area contributed by atoms with Crippen molar-refractivity contribution in [2.45, 2.75) is 26.7 Å². The zero-order valence-electron chi connectivity index (χ0n) is 9.24. The Morgan fingerprint density at radius 3 is 2.38 bits per heavy atom. The van der Waals surface area contributed by atoms with Crippen LogP contribution in [0.5, 0.6) is 0 Å². The molecule has 16 heavy (non-hydrogen) atoms. The fourth-order valence-corrected chi connectivity index (χ4v) is 1.61. The summed E-state index contributed by atoms with van der Waals surface area (Å²) in [6.07, 6.45) is 1.51. The van der Waals surface area contributed by atoms with Crippen molar-refractivity contribution in [3.8, 4) is 0 Å². The molecule has 2 aromatic heterocycles. The summed E-state index contributed by atoms with van der Waals surface area (Å²) in [4.78, 5) is 26.6. The number of hydrogen-bond donors (Lipinski definition) is 2. The highest BCUT2D eigenvalue weighted by molar-refractivity contribution is 5.69. The Bertz CT molecular complexity index is 590. The normalized spacial score (nSPS) is 10.9. The van der Waals surface area contributed by atoms with Crippen LogP contribution in [-0.4, -0.2) is 19.9 Å². The molecule has 0 bridgehead atoms. The Morgan fingerprint density at radius 2 is 1.75 bits per heavy atom. The molecule has 2 rings (SSSR count). The van der Waals surface area contributed by atoms with Crippen LogP contribution in [0.4, 0.5) is 5.95 Å². The summed E-state index contributed by atoms with van der Waals surface area (Å²) in [5.74, 6) is 0.0677. The molecule has 0 unspecified atom stereocenters. The molecular formula is C10H13N5O. The highest BCUT2D eigenvalue weighted by Gasteiger charge is 2.10. The van der Waals surface area contributed by atoms with Crippen LogP contribution in [-0.2, 0) is 12.8 Å². The second-order valence-electron chi connectivity index (χ2n) is 3.45. The van der Waals surface area contributed by atoms with Gasteiger partial charge in [-0.2, -0.15) is 4.98 Å². The molecule has 0 aliphatic rings. The topological polar surface area (TPSA) is 97.5 Å². The number of nitrogens with zero attached hydrogens (tertiary/aromatic N) is 3. The van der Waals surface area contributed by atoms with E-state index in [0.717, 1.165) is 24.2 Å². The Morgan fingerprint density at radius 1 is 1.12 bits per heavy atom. The van der Waals surface area contributed by atoms with Crippen molar-refractivity contribution in [1.29, 1.82) is 0 Å². The van der Waals surface area contributed by atoms with Crippen LogP contribution in [0.15, 0.2) is 4.79 Å². The highest BCUT2D eigenvalue weighted by atomic mass is 16.1. The van der Waals surface area contributed by atoms with E-state index in [1.54, 1.807) is 0 Å². The lowest BCUT2D eigenvalue weighted by atomic mass is 10.2. The number of anilines is 1. The van der Waals surface area contributed by atoms with Crippen molar-refractivity contribution < 1.29 is 0 Å². The average Bonchev–Trinajstić information content (AvgIpc) is 2.27. The molecule has 0 atom stereocenters. The minimum Gasteiger partial charge on any atom is -0.369 e. The van der Waals surface area contributed by atoms with Gasteiger partial charge < -0.3 is 5.73 Å². The lowest BCUT2D eigenvalue weighted by molar-refractivity contribution is 0.917. The average molecular weight is 219 g/mol. The molecule has 0 fully saturated rings. The molecule has 3 N–H and O–H groups in total. The van der Waals surface area contributed by atoms with Crippen LogP contribution in [0, 0.1) is 0 Å². The van der Waals surface area contributed by atoms with E-state index in [0.29, 0.717) is 5.65 Å². The highest BCUT2D eigenvalue weighted by Crippen LogP contribution is 2.09. The van der Waals surface area contributed by atoms with E-state index in [-0.39, 0.29) is 17.0 Å². The van der Waals surface area contributed by atoms with E-state index in [4.69, 9.17) is 5.73 Å². The fourth-order valence-electron chi connectivity index (χ4n) is 1.61. The van der Waals surface area contributed by atoms with Gasteiger partial charge in [-0.25, -0.2) is 9.97 Å². The van der Waals surface area contributed by atoms with Crippen LogP contribution in [0.1, 0.15) is 25.2 Å².